The fourth-order valence-electron chi connectivity index (χ4n) is 1.84. The number of aryl methyl sites for hydroxylation is 1. The second kappa shape index (κ2) is 6.72. The first-order chi connectivity index (χ1) is 9.70. The molecule has 0 aliphatic carbocycles. The van der Waals surface area contributed by atoms with Crippen LogP contribution in [0.3, 0.4) is 0 Å². The van der Waals surface area contributed by atoms with E-state index in [4.69, 9.17) is 5.11 Å². The van der Waals surface area contributed by atoms with Gasteiger partial charge in [0.1, 0.15) is 5.69 Å². The number of aromatic amines is 1. The number of nitrogens with one attached hydrogen (secondary N) is 2. The van der Waals surface area contributed by atoms with Gasteiger partial charge in [-0.05, 0) is 25.0 Å². The summed E-state index contributed by atoms with van der Waals surface area (Å²) in [5.41, 5.74) is 0.210. The molecule has 0 saturated heterocycles. The number of unbranched alkanes of at least 4 members (excludes halogenated alkanes) is 1. The molecule has 1 heterocycles. The van der Waals surface area contributed by atoms with Crippen LogP contribution in [0, 0.1) is 0 Å². The Hall–Kier alpha value is -2.34. The van der Waals surface area contributed by atoms with Gasteiger partial charge in [0.2, 0.25) is 0 Å². The third-order valence-electron chi connectivity index (χ3n) is 2.87. The van der Waals surface area contributed by atoms with Gasteiger partial charge in [0.05, 0.1) is 0 Å². The second-order valence-corrected chi connectivity index (χ2v) is 4.42. The minimum atomic E-state index is -0.447. The molecule has 0 amide bonds. The predicted molar refractivity (Wildman–Crippen MR) is 77.4 cm³/mol. The lowest BCUT2D eigenvalue weighted by molar-refractivity contribution is 0.281. The minimum Gasteiger partial charge on any atom is -0.396 e. The van der Waals surface area contributed by atoms with E-state index in [-0.39, 0.29) is 6.61 Å². The smallest absolute Gasteiger partial charge is 0.328 e. The van der Waals surface area contributed by atoms with Gasteiger partial charge >= 0.3 is 5.69 Å². The largest absolute Gasteiger partial charge is 0.396 e. The van der Waals surface area contributed by atoms with Crippen molar-refractivity contribution in [3.8, 4) is 0 Å². The van der Waals surface area contributed by atoms with Crippen LogP contribution in [0.4, 0.5) is 11.4 Å². The zero-order chi connectivity index (χ0) is 14.4. The Labute approximate surface area is 115 Å². The Balaban J connectivity index is 2.22. The van der Waals surface area contributed by atoms with Gasteiger partial charge in [0.15, 0.2) is 0 Å². The molecule has 3 N–H and O–H groups in total. The summed E-state index contributed by atoms with van der Waals surface area (Å²) in [6.07, 6.45) is 2.80. The van der Waals surface area contributed by atoms with Crippen molar-refractivity contribution in [1.29, 1.82) is 0 Å². The molecule has 2 rings (SSSR count). The molecule has 2 aromatic rings. The molecule has 0 unspecified atom stereocenters. The van der Waals surface area contributed by atoms with Crippen molar-refractivity contribution in [2.45, 2.75) is 19.4 Å². The van der Waals surface area contributed by atoms with E-state index in [0.717, 1.165) is 5.69 Å². The maximum Gasteiger partial charge on any atom is 0.328 e. The summed E-state index contributed by atoms with van der Waals surface area (Å²) in [5, 5.41) is 11.7. The Morgan fingerprint density at radius 3 is 2.60 bits per heavy atom. The average molecular weight is 275 g/mol. The SMILES string of the molecule is O=c1[nH]c(=O)n(CCCCO)cc1Nc1ccccc1. The maximum atomic E-state index is 11.8. The second-order valence-electron chi connectivity index (χ2n) is 4.42. The van der Waals surface area contributed by atoms with E-state index in [1.165, 1.54) is 10.8 Å². The van der Waals surface area contributed by atoms with Crippen LogP contribution < -0.4 is 16.6 Å². The topological polar surface area (TPSA) is 87.1 Å². The first-order valence-electron chi connectivity index (χ1n) is 6.47. The van der Waals surface area contributed by atoms with Gasteiger partial charge in [0, 0.05) is 25.0 Å². The lowest BCUT2D eigenvalue weighted by atomic mass is 10.3. The number of rotatable bonds is 6. The van der Waals surface area contributed by atoms with E-state index in [0.29, 0.717) is 25.1 Å². The predicted octanol–water partition coefficient (Wildman–Crippen LogP) is 1.05. The van der Waals surface area contributed by atoms with Crippen LogP contribution in [0.25, 0.3) is 0 Å². The number of aliphatic hydroxyl groups excluding tert-OH is 1. The van der Waals surface area contributed by atoms with Crippen LogP contribution in [-0.4, -0.2) is 21.3 Å². The number of nitrogens with zero attached hydrogens (tertiary/aromatic N) is 1. The standard InChI is InChI=1S/C14H17N3O3/c18-9-5-4-8-17-10-12(13(19)16-14(17)20)15-11-6-2-1-3-7-11/h1-3,6-7,10,15,18H,4-5,8-9H2,(H,16,19,20). The van der Waals surface area contributed by atoms with Crippen molar-refractivity contribution in [3.05, 3.63) is 57.4 Å². The minimum absolute atomic E-state index is 0.0905. The van der Waals surface area contributed by atoms with Crippen molar-refractivity contribution < 1.29 is 5.11 Å². The summed E-state index contributed by atoms with van der Waals surface area (Å²) >= 11 is 0. The van der Waals surface area contributed by atoms with Gasteiger partial charge in [-0.25, -0.2) is 4.79 Å². The molecule has 0 spiro atoms. The van der Waals surface area contributed by atoms with Gasteiger partial charge in [-0.2, -0.15) is 0 Å². The Bertz CT molecular complexity index is 661. The molecule has 20 heavy (non-hydrogen) atoms. The quantitative estimate of drug-likeness (QED) is 0.688. The normalized spacial score (nSPS) is 10.4. The fourth-order valence-corrected chi connectivity index (χ4v) is 1.84. The van der Waals surface area contributed by atoms with E-state index in [9.17, 15) is 9.59 Å². The van der Waals surface area contributed by atoms with Gasteiger partial charge in [-0.15, -0.1) is 0 Å². The summed E-state index contributed by atoms with van der Waals surface area (Å²) in [5.74, 6) is 0. The molecule has 0 bridgehead atoms. The number of H-pyrrole nitrogens is 1. The van der Waals surface area contributed by atoms with E-state index < -0.39 is 11.2 Å². The first kappa shape index (κ1) is 14.1. The van der Waals surface area contributed by atoms with Crippen molar-refractivity contribution in [3.63, 3.8) is 0 Å². The number of aromatic nitrogens is 2. The van der Waals surface area contributed by atoms with Gasteiger partial charge < -0.3 is 10.4 Å². The Morgan fingerprint density at radius 1 is 1.15 bits per heavy atom. The van der Waals surface area contributed by atoms with Crippen molar-refractivity contribution in [1.82, 2.24) is 9.55 Å². The van der Waals surface area contributed by atoms with Crippen LogP contribution in [0.1, 0.15) is 12.8 Å². The summed E-state index contributed by atoms with van der Waals surface area (Å²) in [7, 11) is 0. The highest BCUT2D eigenvalue weighted by atomic mass is 16.3. The van der Waals surface area contributed by atoms with E-state index in [1.807, 2.05) is 30.3 Å². The average Bonchev–Trinajstić information content (AvgIpc) is 2.45. The third kappa shape index (κ3) is 3.58. The first-order valence-corrected chi connectivity index (χ1v) is 6.47. The van der Waals surface area contributed by atoms with Crippen LogP contribution in [0.5, 0.6) is 0 Å². The monoisotopic (exact) mass is 275 g/mol. The third-order valence-corrected chi connectivity index (χ3v) is 2.87. The number of para-hydroxylation sites is 1. The molecule has 0 radical (unpaired) electrons. The molecular formula is C14H17N3O3. The summed E-state index contributed by atoms with van der Waals surface area (Å²) in [6.45, 7) is 0.548. The van der Waals surface area contributed by atoms with Crippen LogP contribution in [-0.2, 0) is 6.54 Å². The van der Waals surface area contributed by atoms with Crippen molar-refractivity contribution in [2.24, 2.45) is 0 Å². The van der Waals surface area contributed by atoms with Crippen molar-refractivity contribution >= 4 is 11.4 Å². The van der Waals surface area contributed by atoms with Crippen molar-refractivity contribution in [2.75, 3.05) is 11.9 Å². The van der Waals surface area contributed by atoms with E-state index >= 15 is 0 Å². The van der Waals surface area contributed by atoms with Gasteiger partial charge in [0.25, 0.3) is 5.56 Å². The maximum absolute atomic E-state index is 11.8. The number of benzene rings is 1. The number of hydrogen-bond acceptors (Lipinski definition) is 4. The Kier molecular flexibility index (Phi) is 4.73. The van der Waals surface area contributed by atoms with Gasteiger partial charge in [-0.3, -0.25) is 14.3 Å². The van der Waals surface area contributed by atoms with Crippen LogP contribution in [0.2, 0.25) is 0 Å². The molecule has 0 aliphatic heterocycles. The molecule has 0 aliphatic rings. The number of aliphatic hydroxyl groups is 1. The molecule has 0 saturated carbocycles. The van der Waals surface area contributed by atoms with Crippen LogP contribution >= 0.6 is 0 Å². The van der Waals surface area contributed by atoms with Crippen LogP contribution in [0.15, 0.2) is 46.1 Å². The molecule has 0 atom stereocenters. The highest BCUT2D eigenvalue weighted by Crippen LogP contribution is 2.10. The number of anilines is 2. The molecule has 6 heteroatoms. The lowest BCUT2D eigenvalue weighted by Gasteiger charge is -2.09. The fraction of sp³-hybridized carbons (Fsp3) is 0.286. The molecule has 1 aromatic heterocycles. The lowest BCUT2D eigenvalue weighted by Crippen LogP contribution is -2.30. The zero-order valence-corrected chi connectivity index (χ0v) is 11.0. The molecule has 0 fully saturated rings. The van der Waals surface area contributed by atoms with E-state index in [2.05, 4.69) is 10.3 Å². The van der Waals surface area contributed by atoms with E-state index in [1.54, 1.807) is 0 Å². The molecular weight excluding hydrogens is 258 g/mol. The summed E-state index contributed by atoms with van der Waals surface area (Å²) in [6, 6.07) is 9.26. The number of hydrogen-bond donors (Lipinski definition) is 3. The highest BCUT2D eigenvalue weighted by molar-refractivity contribution is 5.57. The Morgan fingerprint density at radius 2 is 1.90 bits per heavy atom. The molecule has 106 valence electrons. The summed E-state index contributed by atoms with van der Waals surface area (Å²) in [4.78, 5) is 25.7. The highest BCUT2D eigenvalue weighted by Gasteiger charge is 2.04. The molecule has 6 nitrogen and oxygen atoms in total. The molecule has 1 aromatic carbocycles. The van der Waals surface area contributed by atoms with Gasteiger partial charge in [-0.1, -0.05) is 18.2 Å². The zero-order valence-electron chi connectivity index (χ0n) is 11.0. The summed E-state index contributed by atoms with van der Waals surface area (Å²) < 4.78 is 1.43.